The molecule has 0 fully saturated rings. The molecule has 0 saturated carbocycles. The van der Waals surface area contributed by atoms with Crippen LogP contribution in [0.5, 0.6) is 11.5 Å². The maximum Gasteiger partial charge on any atom is 0.170 e. The first-order valence-corrected chi connectivity index (χ1v) is 7.09. The van der Waals surface area contributed by atoms with E-state index in [0.717, 1.165) is 29.4 Å². The maximum atomic E-state index is 5.82. The molecule has 6 heteroatoms. The fourth-order valence-corrected chi connectivity index (χ4v) is 1.98. The lowest BCUT2D eigenvalue weighted by Gasteiger charge is -2.13. The van der Waals surface area contributed by atoms with Crippen molar-refractivity contribution in [3.63, 3.8) is 0 Å². The molecule has 0 aliphatic heterocycles. The first-order chi connectivity index (χ1) is 10.2. The van der Waals surface area contributed by atoms with Crippen molar-refractivity contribution in [2.45, 2.75) is 26.9 Å². The van der Waals surface area contributed by atoms with Crippen LogP contribution in [0.4, 0.5) is 0 Å². The van der Waals surface area contributed by atoms with Crippen molar-refractivity contribution in [1.29, 1.82) is 0 Å². The van der Waals surface area contributed by atoms with Gasteiger partial charge in [0.2, 0.25) is 0 Å². The van der Waals surface area contributed by atoms with Gasteiger partial charge >= 0.3 is 0 Å². The van der Waals surface area contributed by atoms with Crippen molar-refractivity contribution in [2.24, 2.45) is 12.8 Å². The van der Waals surface area contributed by atoms with E-state index in [9.17, 15) is 0 Å². The van der Waals surface area contributed by atoms with Gasteiger partial charge < -0.3 is 19.8 Å². The summed E-state index contributed by atoms with van der Waals surface area (Å²) in [6.45, 7) is 5.41. The lowest BCUT2D eigenvalue weighted by molar-refractivity contribution is 0.260. The quantitative estimate of drug-likeness (QED) is 0.838. The van der Waals surface area contributed by atoms with Gasteiger partial charge in [-0.3, -0.25) is 0 Å². The zero-order valence-electron chi connectivity index (χ0n) is 12.8. The topological polar surface area (TPSA) is 75.2 Å². The monoisotopic (exact) mass is 290 g/mol. The summed E-state index contributed by atoms with van der Waals surface area (Å²) in [6, 6.07) is 5.90. The summed E-state index contributed by atoms with van der Waals surface area (Å²) < 4.78 is 13.4. The van der Waals surface area contributed by atoms with E-state index in [2.05, 4.69) is 10.2 Å². The number of aryl methyl sites for hydroxylation is 1. The Bertz CT molecular complexity index is 595. The van der Waals surface area contributed by atoms with Crippen LogP contribution < -0.4 is 15.2 Å². The van der Waals surface area contributed by atoms with Gasteiger partial charge in [-0.15, -0.1) is 10.2 Å². The molecule has 1 heterocycles. The first-order valence-electron chi connectivity index (χ1n) is 7.09. The van der Waals surface area contributed by atoms with E-state index >= 15 is 0 Å². The molecule has 21 heavy (non-hydrogen) atoms. The molecule has 0 spiro atoms. The van der Waals surface area contributed by atoms with Gasteiger partial charge in [0.05, 0.1) is 6.61 Å². The van der Waals surface area contributed by atoms with Crippen molar-refractivity contribution in [3.05, 3.63) is 35.4 Å². The molecular formula is C15H22N4O2. The minimum absolute atomic E-state index is 0.355. The highest BCUT2D eigenvalue weighted by Crippen LogP contribution is 2.29. The highest BCUT2D eigenvalue weighted by molar-refractivity contribution is 5.43. The van der Waals surface area contributed by atoms with Crippen LogP contribution >= 0.6 is 0 Å². The second-order valence-electron chi connectivity index (χ2n) is 4.76. The Balaban J connectivity index is 2.12. The Morgan fingerprint density at radius 1 is 1.19 bits per heavy atom. The van der Waals surface area contributed by atoms with Crippen LogP contribution in [0.1, 0.15) is 24.1 Å². The number of aromatic nitrogens is 3. The Morgan fingerprint density at radius 2 is 2.00 bits per heavy atom. The van der Waals surface area contributed by atoms with E-state index < -0.39 is 0 Å². The molecule has 0 unspecified atom stereocenters. The molecule has 6 nitrogen and oxygen atoms in total. The van der Waals surface area contributed by atoms with E-state index in [0.29, 0.717) is 25.5 Å². The Kier molecular flexibility index (Phi) is 5.16. The standard InChI is InChI=1S/C15H22N4O2/c1-4-20-14-9-12(7-8-16)5-6-13(14)21-10-15-18-17-11(2)19(15)3/h5-6,9H,4,7-8,10,16H2,1-3H3. The van der Waals surface area contributed by atoms with Gasteiger partial charge in [-0.2, -0.15) is 0 Å². The molecule has 0 saturated heterocycles. The van der Waals surface area contributed by atoms with E-state index in [1.165, 1.54) is 0 Å². The summed E-state index contributed by atoms with van der Waals surface area (Å²) in [5, 5.41) is 8.10. The van der Waals surface area contributed by atoms with Crippen LogP contribution in [-0.4, -0.2) is 27.9 Å². The maximum absolute atomic E-state index is 5.82. The lowest BCUT2D eigenvalue weighted by Crippen LogP contribution is -2.07. The van der Waals surface area contributed by atoms with E-state index in [1.54, 1.807) is 0 Å². The van der Waals surface area contributed by atoms with Crippen LogP contribution in [-0.2, 0) is 20.1 Å². The predicted molar refractivity (Wildman–Crippen MR) is 80.4 cm³/mol. The van der Waals surface area contributed by atoms with Gasteiger partial charge in [-0.05, 0) is 44.5 Å². The van der Waals surface area contributed by atoms with Gasteiger partial charge in [-0.1, -0.05) is 6.07 Å². The molecule has 0 aliphatic carbocycles. The molecule has 0 amide bonds. The molecule has 114 valence electrons. The van der Waals surface area contributed by atoms with Gasteiger partial charge in [0.15, 0.2) is 17.3 Å². The highest BCUT2D eigenvalue weighted by Gasteiger charge is 2.10. The van der Waals surface area contributed by atoms with Crippen LogP contribution in [0.25, 0.3) is 0 Å². The molecule has 0 radical (unpaired) electrons. The van der Waals surface area contributed by atoms with E-state index in [1.807, 2.05) is 43.7 Å². The van der Waals surface area contributed by atoms with Crippen molar-refractivity contribution < 1.29 is 9.47 Å². The molecule has 2 aromatic rings. The van der Waals surface area contributed by atoms with Gasteiger partial charge in [0.25, 0.3) is 0 Å². The second kappa shape index (κ2) is 7.08. The van der Waals surface area contributed by atoms with Gasteiger partial charge in [0, 0.05) is 7.05 Å². The summed E-state index contributed by atoms with van der Waals surface area (Å²) in [5.41, 5.74) is 6.73. The summed E-state index contributed by atoms with van der Waals surface area (Å²) in [7, 11) is 1.92. The van der Waals surface area contributed by atoms with Crippen molar-refractivity contribution in [2.75, 3.05) is 13.2 Å². The number of hydrogen-bond donors (Lipinski definition) is 1. The van der Waals surface area contributed by atoms with E-state index in [-0.39, 0.29) is 0 Å². The van der Waals surface area contributed by atoms with Crippen LogP contribution in [0.2, 0.25) is 0 Å². The summed E-state index contributed by atoms with van der Waals surface area (Å²) in [4.78, 5) is 0. The average Bonchev–Trinajstić information content (AvgIpc) is 2.79. The van der Waals surface area contributed by atoms with Crippen LogP contribution in [0.15, 0.2) is 18.2 Å². The third kappa shape index (κ3) is 3.72. The third-order valence-electron chi connectivity index (χ3n) is 3.28. The fraction of sp³-hybridized carbons (Fsp3) is 0.467. The minimum Gasteiger partial charge on any atom is -0.490 e. The summed E-state index contributed by atoms with van der Waals surface area (Å²) in [6.07, 6.45) is 0.822. The predicted octanol–water partition coefficient (Wildman–Crippen LogP) is 1.60. The van der Waals surface area contributed by atoms with Gasteiger partial charge in [0.1, 0.15) is 12.4 Å². The number of nitrogens with zero attached hydrogens (tertiary/aromatic N) is 3. The first kappa shape index (κ1) is 15.3. The third-order valence-corrected chi connectivity index (χ3v) is 3.28. The second-order valence-corrected chi connectivity index (χ2v) is 4.76. The number of rotatable bonds is 7. The van der Waals surface area contributed by atoms with Crippen LogP contribution in [0.3, 0.4) is 0 Å². The zero-order chi connectivity index (χ0) is 15.2. The molecular weight excluding hydrogens is 268 g/mol. The van der Waals surface area contributed by atoms with Crippen molar-refractivity contribution in [1.82, 2.24) is 14.8 Å². The number of benzene rings is 1. The van der Waals surface area contributed by atoms with Crippen molar-refractivity contribution >= 4 is 0 Å². The Hall–Kier alpha value is -2.08. The van der Waals surface area contributed by atoms with Crippen molar-refractivity contribution in [3.8, 4) is 11.5 Å². The molecule has 1 aromatic carbocycles. The normalized spacial score (nSPS) is 10.7. The van der Waals surface area contributed by atoms with Crippen LogP contribution in [0, 0.1) is 6.92 Å². The Morgan fingerprint density at radius 3 is 2.62 bits per heavy atom. The highest BCUT2D eigenvalue weighted by atomic mass is 16.5. The molecule has 1 aromatic heterocycles. The van der Waals surface area contributed by atoms with Gasteiger partial charge in [-0.25, -0.2) is 0 Å². The number of ether oxygens (including phenoxy) is 2. The Labute approximate surface area is 124 Å². The number of nitrogens with two attached hydrogens (primary N) is 1. The number of hydrogen-bond acceptors (Lipinski definition) is 5. The summed E-state index contributed by atoms with van der Waals surface area (Å²) in [5.74, 6) is 3.08. The smallest absolute Gasteiger partial charge is 0.170 e. The molecule has 2 N–H and O–H groups in total. The summed E-state index contributed by atoms with van der Waals surface area (Å²) >= 11 is 0. The minimum atomic E-state index is 0.355. The SMILES string of the molecule is CCOc1cc(CCN)ccc1OCc1nnc(C)n1C. The average molecular weight is 290 g/mol. The largest absolute Gasteiger partial charge is 0.490 e. The van der Waals surface area contributed by atoms with E-state index in [4.69, 9.17) is 15.2 Å². The molecule has 0 bridgehead atoms. The molecule has 0 aliphatic rings. The molecule has 2 rings (SSSR count). The zero-order valence-corrected chi connectivity index (χ0v) is 12.8. The molecule has 0 atom stereocenters. The fourth-order valence-electron chi connectivity index (χ4n) is 1.98. The lowest BCUT2D eigenvalue weighted by atomic mass is 10.1.